The first-order valence-corrected chi connectivity index (χ1v) is 13.5. The predicted molar refractivity (Wildman–Crippen MR) is 148 cm³/mol. The number of aromatic nitrogens is 3. The summed E-state index contributed by atoms with van der Waals surface area (Å²) in [4.78, 5) is 23.5. The fourth-order valence-corrected chi connectivity index (χ4v) is 5.66. The molecule has 0 unspecified atom stereocenters. The number of ether oxygens (including phenoxy) is 2. The topological polar surface area (TPSA) is 64.2 Å². The monoisotopic (exact) mass is 513 g/mol. The van der Waals surface area contributed by atoms with Gasteiger partial charge in [-0.2, -0.15) is 0 Å². The van der Waals surface area contributed by atoms with Crippen molar-refractivity contribution in [3.8, 4) is 5.75 Å². The van der Waals surface area contributed by atoms with Crippen LogP contribution in [0.1, 0.15) is 35.8 Å². The van der Waals surface area contributed by atoms with Crippen LogP contribution in [0, 0.1) is 0 Å². The van der Waals surface area contributed by atoms with Crippen molar-refractivity contribution in [2.24, 2.45) is 0 Å². The third kappa shape index (κ3) is 5.06. The smallest absolute Gasteiger partial charge is 0.277 e. The van der Waals surface area contributed by atoms with Crippen LogP contribution in [-0.2, 0) is 17.8 Å². The summed E-state index contributed by atoms with van der Waals surface area (Å²) in [5, 5.41) is 0. The number of imidazole rings is 1. The molecule has 2 saturated heterocycles. The molecule has 0 radical (unpaired) electrons. The van der Waals surface area contributed by atoms with E-state index in [2.05, 4.69) is 50.7 Å². The second-order valence-corrected chi connectivity index (χ2v) is 10.2. The summed E-state index contributed by atoms with van der Waals surface area (Å²) < 4.78 is 14.9. The molecule has 2 aromatic carbocycles. The maximum Gasteiger partial charge on any atom is 0.277 e. The highest BCUT2D eigenvalue weighted by Gasteiger charge is 2.24. The van der Waals surface area contributed by atoms with Crippen LogP contribution in [0.4, 0.5) is 5.69 Å². The zero-order chi connectivity index (χ0) is 25.9. The fraction of sp³-hybridized carbons (Fsp3) is 0.400. The Labute approximate surface area is 223 Å². The Morgan fingerprint density at radius 1 is 0.947 bits per heavy atom. The van der Waals surface area contributed by atoms with Crippen LogP contribution in [-0.4, -0.2) is 65.4 Å². The van der Waals surface area contributed by atoms with Gasteiger partial charge in [0, 0.05) is 63.7 Å². The van der Waals surface area contributed by atoms with E-state index in [4.69, 9.17) is 14.5 Å². The molecule has 4 heterocycles. The molecule has 0 aliphatic carbocycles. The molecule has 0 amide bonds. The van der Waals surface area contributed by atoms with E-state index in [-0.39, 0.29) is 5.56 Å². The van der Waals surface area contributed by atoms with Gasteiger partial charge in [0.05, 0.1) is 25.5 Å². The Balaban J connectivity index is 1.31. The summed E-state index contributed by atoms with van der Waals surface area (Å²) in [6, 6.07) is 18.5. The van der Waals surface area contributed by atoms with E-state index in [1.165, 1.54) is 5.69 Å². The van der Waals surface area contributed by atoms with Crippen LogP contribution in [0.15, 0.2) is 71.8 Å². The van der Waals surface area contributed by atoms with Crippen molar-refractivity contribution >= 4 is 11.2 Å². The summed E-state index contributed by atoms with van der Waals surface area (Å²) in [6.45, 7) is 6.53. The number of anilines is 1. The average molecular weight is 514 g/mol. The Hall–Kier alpha value is -3.62. The number of hydrogen-bond donors (Lipinski definition) is 0. The summed E-state index contributed by atoms with van der Waals surface area (Å²) in [6.07, 6.45) is 5.78. The molecular formula is C30H35N5O3. The summed E-state index contributed by atoms with van der Waals surface area (Å²) in [7, 11) is 1.67. The van der Waals surface area contributed by atoms with E-state index >= 15 is 0 Å². The minimum atomic E-state index is 0.00653. The van der Waals surface area contributed by atoms with Gasteiger partial charge in [0.1, 0.15) is 17.1 Å². The largest absolute Gasteiger partial charge is 0.497 e. The van der Waals surface area contributed by atoms with Crippen molar-refractivity contribution in [3.05, 3.63) is 94.4 Å². The zero-order valence-electron chi connectivity index (χ0n) is 22.0. The second kappa shape index (κ2) is 11.0. The molecule has 38 heavy (non-hydrogen) atoms. The molecule has 6 rings (SSSR count). The number of benzene rings is 2. The van der Waals surface area contributed by atoms with Gasteiger partial charge in [-0.05, 0) is 42.7 Å². The van der Waals surface area contributed by atoms with Gasteiger partial charge in [-0.1, -0.05) is 30.3 Å². The van der Waals surface area contributed by atoms with Crippen molar-refractivity contribution in [2.45, 2.75) is 31.8 Å². The first kappa shape index (κ1) is 24.7. The lowest BCUT2D eigenvalue weighted by atomic mass is 9.99. The summed E-state index contributed by atoms with van der Waals surface area (Å²) in [5.41, 5.74) is 3.99. The number of hydrogen-bond acceptors (Lipinski definition) is 6. The third-order valence-corrected chi connectivity index (χ3v) is 7.88. The second-order valence-electron chi connectivity index (χ2n) is 10.2. The third-order valence-electron chi connectivity index (χ3n) is 7.88. The molecule has 2 aliphatic rings. The lowest BCUT2D eigenvalue weighted by Crippen LogP contribution is -2.46. The van der Waals surface area contributed by atoms with Gasteiger partial charge in [-0.15, -0.1) is 0 Å². The highest BCUT2D eigenvalue weighted by Crippen LogP contribution is 2.27. The standard InChI is InChI=1S/C30H35N5O3/c1-37-27-9-7-23(8-10-27)20-34-26(21-32-13-15-33(16-14-32)25-5-3-2-4-6-25)22-35-28(30(34)36)19-31-29(35)24-11-17-38-18-12-24/h2-10,19,22,24H,11-18,20-21H2,1H3. The first-order chi connectivity index (χ1) is 18.7. The normalized spacial score (nSPS) is 17.2. The van der Waals surface area contributed by atoms with Gasteiger partial charge in [-0.3, -0.25) is 14.1 Å². The van der Waals surface area contributed by atoms with Gasteiger partial charge >= 0.3 is 0 Å². The summed E-state index contributed by atoms with van der Waals surface area (Å²) in [5.74, 6) is 2.10. The van der Waals surface area contributed by atoms with Gasteiger partial charge in [0.15, 0.2) is 0 Å². The van der Waals surface area contributed by atoms with E-state index in [0.717, 1.165) is 81.6 Å². The maximum absolute atomic E-state index is 13.9. The lowest BCUT2D eigenvalue weighted by molar-refractivity contribution is 0.0834. The molecule has 8 heteroatoms. The molecule has 0 bridgehead atoms. The number of rotatable bonds is 7. The van der Waals surface area contributed by atoms with E-state index in [0.29, 0.717) is 18.0 Å². The number of fused-ring (bicyclic) bond motifs is 1. The SMILES string of the molecule is COc1ccc(Cn2c(CN3CCN(c4ccccc4)CC3)cn3c(C4CCOCC4)ncc3c2=O)cc1. The number of nitrogens with zero attached hydrogens (tertiary/aromatic N) is 5. The zero-order valence-corrected chi connectivity index (χ0v) is 22.0. The van der Waals surface area contributed by atoms with Crippen molar-refractivity contribution in [2.75, 3.05) is 51.4 Å². The predicted octanol–water partition coefficient (Wildman–Crippen LogP) is 3.77. The van der Waals surface area contributed by atoms with Gasteiger partial charge < -0.3 is 18.9 Å². The minimum absolute atomic E-state index is 0.00653. The Morgan fingerprint density at radius 2 is 1.68 bits per heavy atom. The molecule has 2 aromatic heterocycles. The quantitative estimate of drug-likeness (QED) is 0.375. The van der Waals surface area contributed by atoms with E-state index < -0.39 is 0 Å². The molecule has 8 nitrogen and oxygen atoms in total. The molecule has 4 aromatic rings. The minimum Gasteiger partial charge on any atom is -0.497 e. The molecule has 0 atom stereocenters. The highest BCUT2D eigenvalue weighted by molar-refractivity contribution is 5.47. The van der Waals surface area contributed by atoms with Crippen LogP contribution in [0.5, 0.6) is 5.75 Å². The van der Waals surface area contributed by atoms with Gasteiger partial charge in [0.25, 0.3) is 5.56 Å². The van der Waals surface area contributed by atoms with Crippen molar-refractivity contribution in [1.82, 2.24) is 18.9 Å². The van der Waals surface area contributed by atoms with Gasteiger partial charge in [0.2, 0.25) is 0 Å². The number of piperazine rings is 1. The Morgan fingerprint density at radius 3 is 2.39 bits per heavy atom. The van der Waals surface area contributed by atoms with Crippen LogP contribution in [0.25, 0.3) is 5.52 Å². The fourth-order valence-electron chi connectivity index (χ4n) is 5.66. The van der Waals surface area contributed by atoms with Crippen molar-refractivity contribution in [1.29, 1.82) is 0 Å². The van der Waals surface area contributed by atoms with Gasteiger partial charge in [-0.25, -0.2) is 4.98 Å². The van der Waals surface area contributed by atoms with Crippen LogP contribution < -0.4 is 15.2 Å². The van der Waals surface area contributed by atoms with E-state index in [1.54, 1.807) is 13.3 Å². The van der Waals surface area contributed by atoms with Crippen LogP contribution in [0.3, 0.4) is 0 Å². The molecule has 0 spiro atoms. The van der Waals surface area contributed by atoms with E-state index in [9.17, 15) is 4.79 Å². The molecule has 2 aliphatic heterocycles. The molecule has 2 fully saturated rings. The molecule has 0 saturated carbocycles. The van der Waals surface area contributed by atoms with E-state index in [1.807, 2.05) is 28.8 Å². The average Bonchev–Trinajstić information content (AvgIpc) is 3.41. The molecule has 198 valence electrons. The number of methoxy groups -OCH3 is 1. The molecular weight excluding hydrogens is 478 g/mol. The first-order valence-electron chi connectivity index (χ1n) is 13.5. The van der Waals surface area contributed by atoms with Crippen molar-refractivity contribution in [3.63, 3.8) is 0 Å². The lowest BCUT2D eigenvalue weighted by Gasteiger charge is -2.36. The highest BCUT2D eigenvalue weighted by atomic mass is 16.5. The van der Waals surface area contributed by atoms with Crippen LogP contribution >= 0.6 is 0 Å². The Bertz CT molecular complexity index is 1420. The number of para-hydroxylation sites is 1. The Kier molecular flexibility index (Phi) is 7.16. The van der Waals surface area contributed by atoms with Crippen molar-refractivity contribution < 1.29 is 9.47 Å². The van der Waals surface area contributed by atoms with Crippen LogP contribution in [0.2, 0.25) is 0 Å². The molecule has 0 N–H and O–H groups in total. The maximum atomic E-state index is 13.9. The summed E-state index contributed by atoms with van der Waals surface area (Å²) >= 11 is 0.